The third kappa shape index (κ3) is 3.32. The third-order valence-corrected chi connectivity index (χ3v) is 4.04. The Labute approximate surface area is 126 Å². The summed E-state index contributed by atoms with van der Waals surface area (Å²) in [6.45, 7) is 2.85. The number of carbonyl (C=O) groups excluding carboxylic acids is 1. The number of fused-ring (bicyclic) bond motifs is 1. The molecule has 0 aliphatic rings. The molecule has 0 saturated heterocycles. The zero-order valence-electron chi connectivity index (χ0n) is 11.1. The molecule has 1 aromatic heterocycles. The monoisotopic (exact) mass is 310 g/mol. The highest BCUT2D eigenvalue weighted by molar-refractivity contribution is 7.80. The van der Waals surface area contributed by atoms with Crippen LogP contribution in [0, 0.1) is 5.82 Å². The van der Waals surface area contributed by atoms with E-state index >= 15 is 0 Å². The molecule has 2 aromatic rings. The molecule has 0 radical (unpaired) electrons. The first kappa shape index (κ1) is 14.9. The Morgan fingerprint density at radius 1 is 1.45 bits per heavy atom. The first-order chi connectivity index (χ1) is 9.51. The Kier molecular flexibility index (Phi) is 4.67. The van der Waals surface area contributed by atoms with Crippen molar-refractivity contribution in [3.63, 3.8) is 0 Å². The van der Waals surface area contributed by atoms with Crippen LogP contribution < -0.4 is 5.73 Å². The molecule has 6 heteroatoms. The Hall–Kier alpha value is -1.53. The number of thiocarbonyl (C=S) groups is 1. The van der Waals surface area contributed by atoms with E-state index in [1.54, 1.807) is 17.0 Å². The minimum atomic E-state index is -0.299. The highest BCUT2D eigenvalue weighted by Crippen LogP contribution is 2.27. The van der Waals surface area contributed by atoms with Crippen LogP contribution in [0.2, 0.25) is 0 Å². The minimum Gasteiger partial charge on any atom is -0.392 e. The van der Waals surface area contributed by atoms with E-state index in [2.05, 4.69) is 0 Å². The number of hydrogen-bond acceptors (Lipinski definition) is 3. The summed E-state index contributed by atoms with van der Waals surface area (Å²) >= 11 is 6.16. The zero-order chi connectivity index (χ0) is 14.7. The largest absolute Gasteiger partial charge is 0.392 e. The number of nitrogens with two attached hydrogens (primary N) is 1. The molecule has 1 amide bonds. The van der Waals surface area contributed by atoms with Crippen molar-refractivity contribution in [2.45, 2.75) is 13.3 Å². The summed E-state index contributed by atoms with van der Waals surface area (Å²) in [6.07, 6.45) is 0.827. The average Bonchev–Trinajstić information content (AvgIpc) is 2.79. The van der Waals surface area contributed by atoms with Crippen molar-refractivity contribution >= 4 is 44.5 Å². The second kappa shape index (κ2) is 6.28. The molecular formula is C14H15FN2OS2. The highest BCUT2D eigenvalue weighted by Gasteiger charge is 2.18. The lowest BCUT2D eigenvalue weighted by Crippen LogP contribution is -2.37. The van der Waals surface area contributed by atoms with Crippen molar-refractivity contribution in [3.05, 3.63) is 35.0 Å². The SMILES string of the molecule is CCCN(CC(N)=S)C(=O)c1cc2ccc(F)cc2s1. The van der Waals surface area contributed by atoms with Gasteiger partial charge in [-0.25, -0.2) is 4.39 Å². The van der Waals surface area contributed by atoms with E-state index in [-0.39, 0.29) is 18.3 Å². The van der Waals surface area contributed by atoms with Gasteiger partial charge in [-0.05, 0) is 30.0 Å². The Morgan fingerprint density at radius 2 is 2.20 bits per heavy atom. The number of rotatable bonds is 5. The smallest absolute Gasteiger partial charge is 0.264 e. The van der Waals surface area contributed by atoms with Crippen LogP contribution in [0.25, 0.3) is 10.1 Å². The molecule has 1 aromatic carbocycles. The van der Waals surface area contributed by atoms with Gasteiger partial charge < -0.3 is 10.6 Å². The number of halogens is 1. The van der Waals surface area contributed by atoms with E-state index in [1.807, 2.05) is 6.92 Å². The number of hydrogen-bond donors (Lipinski definition) is 1. The van der Waals surface area contributed by atoms with E-state index in [4.69, 9.17) is 18.0 Å². The van der Waals surface area contributed by atoms with Gasteiger partial charge in [-0.3, -0.25) is 4.79 Å². The highest BCUT2D eigenvalue weighted by atomic mass is 32.1. The van der Waals surface area contributed by atoms with E-state index in [9.17, 15) is 9.18 Å². The van der Waals surface area contributed by atoms with Gasteiger partial charge in [-0.2, -0.15) is 0 Å². The lowest BCUT2D eigenvalue weighted by Gasteiger charge is -2.20. The maximum absolute atomic E-state index is 13.2. The standard InChI is InChI=1S/C14H15FN2OS2/c1-2-5-17(8-13(16)19)14(18)12-6-9-3-4-10(15)7-11(9)20-12/h3-4,6-7H,2,5,8H2,1H3,(H2,16,19). The van der Waals surface area contributed by atoms with Crippen molar-refractivity contribution in [2.75, 3.05) is 13.1 Å². The van der Waals surface area contributed by atoms with E-state index in [0.717, 1.165) is 16.5 Å². The van der Waals surface area contributed by atoms with Crippen molar-refractivity contribution in [1.82, 2.24) is 4.90 Å². The van der Waals surface area contributed by atoms with Crippen molar-refractivity contribution in [1.29, 1.82) is 0 Å². The van der Waals surface area contributed by atoms with Crippen LogP contribution in [0.15, 0.2) is 24.3 Å². The maximum Gasteiger partial charge on any atom is 0.264 e. The van der Waals surface area contributed by atoms with Gasteiger partial charge in [-0.15, -0.1) is 11.3 Å². The van der Waals surface area contributed by atoms with Crippen molar-refractivity contribution in [2.24, 2.45) is 5.73 Å². The van der Waals surface area contributed by atoms with Crippen molar-refractivity contribution in [3.8, 4) is 0 Å². The van der Waals surface area contributed by atoms with Gasteiger partial charge in [-0.1, -0.05) is 25.2 Å². The molecule has 0 unspecified atom stereocenters. The van der Waals surface area contributed by atoms with Crippen LogP contribution in [0.5, 0.6) is 0 Å². The topological polar surface area (TPSA) is 46.3 Å². The lowest BCUT2D eigenvalue weighted by molar-refractivity contribution is 0.0785. The fourth-order valence-electron chi connectivity index (χ4n) is 1.98. The molecule has 0 saturated carbocycles. The summed E-state index contributed by atoms with van der Waals surface area (Å²) in [7, 11) is 0. The number of amides is 1. The van der Waals surface area contributed by atoms with Gasteiger partial charge in [0, 0.05) is 11.2 Å². The average molecular weight is 310 g/mol. The van der Waals surface area contributed by atoms with Crippen LogP contribution in [0.3, 0.4) is 0 Å². The predicted molar refractivity (Wildman–Crippen MR) is 84.8 cm³/mol. The summed E-state index contributed by atoms with van der Waals surface area (Å²) in [5, 5.41) is 0.867. The fourth-order valence-corrected chi connectivity index (χ4v) is 3.19. The molecule has 2 rings (SSSR count). The van der Waals surface area contributed by atoms with Gasteiger partial charge in [0.25, 0.3) is 5.91 Å². The second-order valence-corrected chi connectivity index (χ2v) is 6.09. The minimum absolute atomic E-state index is 0.110. The molecule has 20 heavy (non-hydrogen) atoms. The summed E-state index contributed by atoms with van der Waals surface area (Å²) in [4.78, 5) is 15.0. The third-order valence-electron chi connectivity index (χ3n) is 2.82. The van der Waals surface area contributed by atoms with Crippen molar-refractivity contribution < 1.29 is 9.18 Å². The van der Waals surface area contributed by atoms with Crippen LogP contribution in [0.4, 0.5) is 4.39 Å². The van der Waals surface area contributed by atoms with E-state index in [0.29, 0.717) is 16.4 Å². The van der Waals surface area contributed by atoms with E-state index < -0.39 is 0 Å². The van der Waals surface area contributed by atoms with Gasteiger partial charge >= 0.3 is 0 Å². The van der Waals surface area contributed by atoms with Crippen LogP contribution in [-0.2, 0) is 0 Å². The molecule has 1 heterocycles. The number of carbonyl (C=O) groups is 1. The molecule has 106 valence electrons. The number of benzene rings is 1. The van der Waals surface area contributed by atoms with E-state index in [1.165, 1.54) is 23.5 Å². The zero-order valence-corrected chi connectivity index (χ0v) is 12.7. The first-order valence-electron chi connectivity index (χ1n) is 6.28. The number of thiophene rings is 1. The molecular weight excluding hydrogens is 295 g/mol. The lowest BCUT2D eigenvalue weighted by atomic mass is 10.2. The fraction of sp³-hybridized carbons (Fsp3) is 0.286. The quantitative estimate of drug-likeness (QED) is 0.863. The predicted octanol–water partition coefficient (Wildman–Crippen LogP) is 3.18. The summed E-state index contributed by atoms with van der Waals surface area (Å²) in [5.74, 6) is -0.409. The second-order valence-electron chi connectivity index (χ2n) is 4.49. The van der Waals surface area contributed by atoms with Crippen LogP contribution in [0.1, 0.15) is 23.0 Å². The van der Waals surface area contributed by atoms with Gasteiger partial charge in [0.2, 0.25) is 0 Å². The van der Waals surface area contributed by atoms with Gasteiger partial charge in [0.05, 0.1) is 16.4 Å². The van der Waals surface area contributed by atoms with Gasteiger partial charge in [0.15, 0.2) is 0 Å². The molecule has 2 N–H and O–H groups in total. The molecule has 0 bridgehead atoms. The van der Waals surface area contributed by atoms with Crippen LogP contribution >= 0.6 is 23.6 Å². The molecule has 0 aliphatic carbocycles. The molecule has 0 spiro atoms. The first-order valence-corrected chi connectivity index (χ1v) is 7.50. The van der Waals surface area contributed by atoms with Gasteiger partial charge in [0.1, 0.15) is 5.82 Å². The summed E-state index contributed by atoms with van der Waals surface area (Å²) in [5.41, 5.74) is 5.53. The van der Waals surface area contributed by atoms with Crippen LogP contribution in [-0.4, -0.2) is 28.9 Å². The Balaban J connectivity index is 2.30. The molecule has 3 nitrogen and oxygen atoms in total. The Bertz CT molecular complexity index is 654. The summed E-state index contributed by atoms with van der Waals surface area (Å²) in [6, 6.07) is 6.29. The summed E-state index contributed by atoms with van der Waals surface area (Å²) < 4.78 is 13.9. The number of nitrogens with zero attached hydrogens (tertiary/aromatic N) is 1. The molecule has 0 atom stereocenters. The Morgan fingerprint density at radius 3 is 2.85 bits per heavy atom. The maximum atomic E-state index is 13.2. The molecule has 0 fully saturated rings. The normalized spacial score (nSPS) is 10.7. The molecule has 0 aliphatic heterocycles.